The molecule has 37 heavy (non-hydrogen) atoms. The predicted octanol–water partition coefficient (Wildman–Crippen LogP) is 4.79. The smallest absolute Gasteiger partial charge is 0.258 e. The first-order valence-corrected chi connectivity index (χ1v) is 12.6. The lowest BCUT2D eigenvalue weighted by molar-refractivity contribution is -0.132. The summed E-state index contributed by atoms with van der Waals surface area (Å²) in [5.74, 6) is 0.0657. The van der Waals surface area contributed by atoms with Crippen LogP contribution in [-0.4, -0.2) is 40.7 Å². The van der Waals surface area contributed by atoms with E-state index < -0.39 is 28.9 Å². The number of ether oxygens (including phenoxy) is 1. The lowest BCUT2D eigenvalue weighted by Gasteiger charge is -2.56. The second-order valence-electron chi connectivity index (χ2n) is 9.97. The Hall–Kier alpha value is -3.36. The minimum Gasteiger partial charge on any atom is -0.484 e. The molecule has 0 unspecified atom stereocenters. The Morgan fingerprint density at radius 1 is 1.11 bits per heavy atom. The van der Waals surface area contributed by atoms with Crippen molar-refractivity contribution in [1.29, 1.82) is 0 Å². The quantitative estimate of drug-likeness (QED) is 0.411. The Balaban J connectivity index is 1.20. The van der Waals surface area contributed by atoms with Crippen LogP contribution in [0.4, 0.5) is 4.39 Å². The molecule has 0 saturated heterocycles. The van der Waals surface area contributed by atoms with E-state index in [0.717, 1.165) is 11.6 Å². The Labute approximate surface area is 219 Å². The second-order valence-corrected chi connectivity index (χ2v) is 10.4. The number of rotatable bonds is 7. The first-order chi connectivity index (χ1) is 17.7. The molecule has 3 aromatic rings. The van der Waals surface area contributed by atoms with Gasteiger partial charge >= 0.3 is 0 Å². The summed E-state index contributed by atoms with van der Waals surface area (Å²) in [7, 11) is 0. The number of carbonyl (C=O) groups excluding carboxylic acids is 2. The van der Waals surface area contributed by atoms with E-state index in [4.69, 9.17) is 20.8 Å². The Morgan fingerprint density at radius 2 is 1.84 bits per heavy atom. The highest BCUT2D eigenvalue weighted by Crippen LogP contribution is 2.47. The lowest BCUT2D eigenvalue weighted by atomic mass is 9.60. The van der Waals surface area contributed by atoms with Crippen LogP contribution >= 0.6 is 11.6 Å². The summed E-state index contributed by atoms with van der Waals surface area (Å²) in [6.45, 7) is 1.44. The first kappa shape index (κ1) is 25.3. The molecule has 3 saturated carbocycles. The molecule has 0 radical (unpaired) electrons. The van der Waals surface area contributed by atoms with Crippen molar-refractivity contribution >= 4 is 23.4 Å². The SMILES string of the molecule is Cc1oc(-c2ccccc2)cc1C(=O)NC12CCC(NC(=O)COc3ccc(Cl)c(F)c3)(CC1)[C@@H](O)C2. The van der Waals surface area contributed by atoms with Crippen LogP contribution in [0.15, 0.2) is 59.0 Å². The number of aryl methyl sites for hydroxylation is 1. The zero-order chi connectivity index (χ0) is 26.2. The molecule has 6 rings (SSSR count). The first-order valence-electron chi connectivity index (χ1n) is 12.2. The largest absolute Gasteiger partial charge is 0.484 e. The summed E-state index contributed by atoms with van der Waals surface area (Å²) in [6.07, 6.45) is 1.73. The standard InChI is InChI=1S/C28H28ClFN2O5/c1-17-20(14-23(37-17)18-5-3-2-4-6-18)26(35)32-27-9-11-28(12-10-27,24(33)15-27)31-25(34)16-36-19-7-8-21(29)22(30)13-19/h2-8,13-14,24,33H,9-12,15-16H2,1H3,(H,31,34)(H,32,35)/t24-,27?,28?/m0/s1. The molecular formula is C28H28ClFN2O5. The number of aliphatic hydroxyl groups excluding tert-OH is 1. The maximum Gasteiger partial charge on any atom is 0.258 e. The molecule has 7 nitrogen and oxygen atoms in total. The third-order valence-corrected chi connectivity index (χ3v) is 7.88. The molecular weight excluding hydrogens is 499 g/mol. The Bertz CT molecular complexity index is 1320. The molecule has 9 heteroatoms. The van der Waals surface area contributed by atoms with Crippen molar-refractivity contribution in [3.63, 3.8) is 0 Å². The molecule has 2 aromatic carbocycles. The number of furan rings is 1. The monoisotopic (exact) mass is 526 g/mol. The number of hydrogen-bond donors (Lipinski definition) is 3. The minimum absolute atomic E-state index is 0.0293. The number of aliphatic hydroxyl groups is 1. The van der Waals surface area contributed by atoms with Crippen molar-refractivity contribution in [1.82, 2.24) is 10.6 Å². The van der Waals surface area contributed by atoms with Gasteiger partial charge in [0.05, 0.1) is 22.2 Å². The maximum absolute atomic E-state index is 13.6. The summed E-state index contributed by atoms with van der Waals surface area (Å²) < 4.78 is 24.8. The van der Waals surface area contributed by atoms with Gasteiger partial charge in [-0.15, -0.1) is 0 Å². The Morgan fingerprint density at radius 3 is 2.51 bits per heavy atom. The molecule has 0 spiro atoms. The van der Waals surface area contributed by atoms with Crippen LogP contribution in [0.1, 0.15) is 48.2 Å². The second kappa shape index (κ2) is 9.84. The average molecular weight is 527 g/mol. The third-order valence-electron chi connectivity index (χ3n) is 7.57. The number of fused-ring (bicyclic) bond motifs is 3. The highest BCUT2D eigenvalue weighted by Gasteiger charge is 2.55. The zero-order valence-electron chi connectivity index (χ0n) is 20.4. The van der Waals surface area contributed by atoms with Crippen LogP contribution in [-0.2, 0) is 4.79 Å². The van der Waals surface area contributed by atoms with Gasteiger partial charge in [-0.1, -0.05) is 41.9 Å². The van der Waals surface area contributed by atoms with E-state index in [9.17, 15) is 19.1 Å². The van der Waals surface area contributed by atoms with Gasteiger partial charge in [-0.25, -0.2) is 4.39 Å². The van der Waals surface area contributed by atoms with Crippen molar-refractivity contribution in [2.24, 2.45) is 0 Å². The maximum atomic E-state index is 13.6. The molecule has 3 fully saturated rings. The van der Waals surface area contributed by atoms with Gasteiger partial charge < -0.3 is 24.9 Å². The van der Waals surface area contributed by atoms with E-state index in [1.54, 1.807) is 13.0 Å². The van der Waals surface area contributed by atoms with E-state index in [1.807, 2.05) is 30.3 Å². The number of hydrogen-bond acceptors (Lipinski definition) is 5. The van der Waals surface area contributed by atoms with Gasteiger partial charge in [0.2, 0.25) is 0 Å². The number of halogens is 2. The van der Waals surface area contributed by atoms with Crippen molar-refractivity contribution < 1.29 is 28.2 Å². The van der Waals surface area contributed by atoms with E-state index >= 15 is 0 Å². The van der Waals surface area contributed by atoms with Gasteiger partial charge in [0.15, 0.2) is 6.61 Å². The van der Waals surface area contributed by atoms with Gasteiger partial charge in [-0.2, -0.15) is 0 Å². The number of carbonyl (C=O) groups is 2. The Kier molecular flexibility index (Phi) is 6.72. The average Bonchev–Trinajstić information content (AvgIpc) is 3.28. The number of nitrogens with one attached hydrogen (secondary N) is 2. The van der Waals surface area contributed by atoms with E-state index in [-0.39, 0.29) is 23.3 Å². The lowest BCUT2D eigenvalue weighted by Crippen LogP contribution is -2.70. The molecule has 2 amide bonds. The summed E-state index contributed by atoms with van der Waals surface area (Å²) in [5.41, 5.74) is 0.00898. The molecule has 3 N–H and O–H groups in total. The van der Waals surface area contributed by atoms with Crippen molar-refractivity contribution in [2.75, 3.05) is 6.61 Å². The van der Waals surface area contributed by atoms with Gasteiger partial charge in [-0.3, -0.25) is 9.59 Å². The number of benzene rings is 2. The van der Waals surface area contributed by atoms with Crippen LogP contribution in [0.2, 0.25) is 5.02 Å². The van der Waals surface area contributed by atoms with E-state index in [0.29, 0.717) is 49.2 Å². The van der Waals surface area contributed by atoms with Gasteiger partial charge in [0, 0.05) is 17.2 Å². The predicted molar refractivity (Wildman–Crippen MR) is 136 cm³/mol. The van der Waals surface area contributed by atoms with Crippen molar-refractivity contribution in [3.8, 4) is 17.1 Å². The fourth-order valence-corrected chi connectivity index (χ4v) is 5.57. The summed E-state index contributed by atoms with van der Waals surface area (Å²) in [4.78, 5) is 25.8. The molecule has 2 bridgehead atoms. The fraction of sp³-hybridized carbons (Fsp3) is 0.357. The van der Waals surface area contributed by atoms with Gasteiger partial charge in [-0.05, 0) is 57.2 Å². The topological polar surface area (TPSA) is 101 Å². The molecule has 3 aliphatic rings. The normalized spacial score (nSPS) is 24.5. The highest BCUT2D eigenvalue weighted by molar-refractivity contribution is 6.30. The van der Waals surface area contributed by atoms with Gasteiger partial charge in [0.1, 0.15) is 23.1 Å². The minimum atomic E-state index is -0.836. The van der Waals surface area contributed by atoms with Crippen LogP contribution < -0.4 is 15.4 Å². The molecule has 3 aliphatic carbocycles. The van der Waals surface area contributed by atoms with Crippen LogP contribution in [0.3, 0.4) is 0 Å². The molecule has 1 atom stereocenters. The molecule has 0 aliphatic heterocycles. The van der Waals surface area contributed by atoms with Crippen molar-refractivity contribution in [3.05, 3.63) is 76.8 Å². The van der Waals surface area contributed by atoms with Crippen molar-refractivity contribution in [2.45, 2.75) is 56.2 Å². The third kappa shape index (κ3) is 5.08. The summed E-state index contributed by atoms with van der Waals surface area (Å²) >= 11 is 5.67. The fourth-order valence-electron chi connectivity index (χ4n) is 5.45. The zero-order valence-corrected chi connectivity index (χ0v) is 21.1. The van der Waals surface area contributed by atoms with Gasteiger partial charge in [0.25, 0.3) is 11.8 Å². The molecule has 1 heterocycles. The molecule has 194 valence electrons. The van der Waals surface area contributed by atoms with Crippen LogP contribution in [0.25, 0.3) is 11.3 Å². The highest BCUT2D eigenvalue weighted by atomic mass is 35.5. The summed E-state index contributed by atoms with van der Waals surface area (Å²) in [5, 5.41) is 17.1. The summed E-state index contributed by atoms with van der Waals surface area (Å²) in [6, 6.07) is 15.3. The molecule has 1 aromatic heterocycles. The van der Waals surface area contributed by atoms with Crippen LogP contribution in [0, 0.1) is 12.7 Å². The van der Waals surface area contributed by atoms with Crippen LogP contribution in [0.5, 0.6) is 5.75 Å². The number of amides is 2. The van der Waals surface area contributed by atoms with E-state index in [2.05, 4.69) is 10.6 Å². The van der Waals surface area contributed by atoms with E-state index in [1.165, 1.54) is 12.1 Å².